The molecule has 0 bridgehead atoms. The van der Waals surface area contributed by atoms with Crippen molar-refractivity contribution in [2.24, 2.45) is 5.73 Å². The van der Waals surface area contributed by atoms with Crippen molar-refractivity contribution in [1.82, 2.24) is 0 Å². The van der Waals surface area contributed by atoms with Gasteiger partial charge in [0.05, 0.1) is 12.5 Å². The second-order valence-corrected chi connectivity index (χ2v) is 4.56. The molecule has 0 spiro atoms. The lowest BCUT2D eigenvalue weighted by atomic mass is 10.0. The standard InChI is InChI=1S/C12H11BrFNO/c13-10-4-9(5-11(14)6-10)12(15)3-8-1-2-16-7-8/h1-2,4-7,12H,3,15H2. The first-order valence-electron chi connectivity index (χ1n) is 4.88. The largest absolute Gasteiger partial charge is 0.472 e. The molecule has 16 heavy (non-hydrogen) atoms. The molecule has 0 saturated heterocycles. The van der Waals surface area contributed by atoms with Crippen molar-refractivity contribution in [3.63, 3.8) is 0 Å². The van der Waals surface area contributed by atoms with E-state index in [1.807, 2.05) is 12.1 Å². The summed E-state index contributed by atoms with van der Waals surface area (Å²) in [4.78, 5) is 0. The van der Waals surface area contributed by atoms with Crippen molar-refractivity contribution in [3.05, 3.63) is 58.2 Å². The molecule has 1 aromatic carbocycles. The highest BCUT2D eigenvalue weighted by molar-refractivity contribution is 9.10. The van der Waals surface area contributed by atoms with E-state index >= 15 is 0 Å². The van der Waals surface area contributed by atoms with Crippen LogP contribution in [0.15, 0.2) is 45.7 Å². The lowest BCUT2D eigenvalue weighted by Crippen LogP contribution is -2.13. The molecule has 0 saturated carbocycles. The van der Waals surface area contributed by atoms with Gasteiger partial charge in [0.25, 0.3) is 0 Å². The molecule has 0 aliphatic carbocycles. The monoisotopic (exact) mass is 283 g/mol. The fourth-order valence-electron chi connectivity index (χ4n) is 1.57. The third kappa shape index (κ3) is 2.71. The second kappa shape index (κ2) is 4.80. The molecule has 0 radical (unpaired) electrons. The van der Waals surface area contributed by atoms with E-state index in [1.165, 1.54) is 12.1 Å². The van der Waals surface area contributed by atoms with Crippen molar-refractivity contribution in [2.75, 3.05) is 0 Å². The van der Waals surface area contributed by atoms with Gasteiger partial charge in [0, 0.05) is 10.5 Å². The summed E-state index contributed by atoms with van der Waals surface area (Å²) in [6, 6.07) is 6.32. The fraction of sp³-hybridized carbons (Fsp3) is 0.167. The summed E-state index contributed by atoms with van der Waals surface area (Å²) in [5, 5.41) is 0. The minimum atomic E-state index is -0.285. The predicted molar refractivity (Wildman–Crippen MR) is 63.4 cm³/mol. The van der Waals surface area contributed by atoms with E-state index in [4.69, 9.17) is 10.2 Å². The quantitative estimate of drug-likeness (QED) is 0.938. The molecule has 0 aliphatic heterocycles. The highest BCUT2D eigenvalue weighted by atomic mass is 79.9. The van der Waals surface area contributed by atoms with Crippen LogP contribution >= 0.6 is 15.9 Å². The molecular weight excluding hydrogens is 273 g/mol. The van der Waals surface area contributed by atoms with E-state index < -0.39 is 0 Å². The second-order valence-electron chi connectivity index (χ2n) is 3.64. The number of rotatable bonds is 3. The molecule has 2 rings (SSSR count). The number of benzene rings is 1. The summed E-state index contributed by atoms with van der Waals surface area (Å²) in [5.41, 5.74) is 7.77. The number of hydrogen-bond donors (Lipinski definition) is 1. The minimum Gasteiger partial charge on any atom is -0.472 e. The number of nitrogens with two attached hydrogens (primary N) is 1. The van der Waals surface area contributed by atoms with Crippen LogP contribution in [0.4, 0.5) is 4.39 Å². The van der Waals surface area contributed by atoms with Crippen LogP contribution in [0.2, 0.25) is 0 Å². The third-order valence-corrected chi connectivity index (χ3v) is 2.81. The Morgan fingerprint density at radius 3 is 2.81 bits per heavy atom. The van der Waals surface area contributed by atoms with Gasteiger partial charge in [-0.1, -0.05) is 15.9 Å². The normalized spacial score (nSPS) is 12.7. The summed E-state index contributed by atoms with van der Waals surface area (Å²) in [6.07, 6.45) is 3.88. The first-order chi connectivity index (χ1) is 7.65. The molecule has 2 nitrogen and oxygen atoms in total. The van der Waals surface area contributed by atoms with Crippen LogP contribution in [0.25, 0.3) is 0 Å². The van der Waals surface area contributed by atoms with E-state index in [0.717, 1.165) is 11.1 Å². The summed E-state index contributed by atoms with van der Waals surface area (Å²) in [6.45, 7) is 0. The number of halogens is 2. The molecule has 4 heteroatoms. The van der Waals surface area contributed by atoms with Crippen LogP contribution in [-0.4, -0.2) is 0 Å². The zero-order valence-corrected chi connectivity index (χ0v) is 10.1. The van der Waals surface area contributed by atoms with Gasteiger partial charge in [-0.3, -0.25) is 0 Å². The van der Waals surface area contributed by atoms with Crippen molar-refractivity contribution in [3.8, 4) is 0 Å². The molecule has 1 aromatic heterocycles. The Bertz CT molecular complexity index is 450. The Labute approximate surface area is 101 Å². The predicted octanol–water partition coefficient (Wildman–Crippen LogP) is 3.42. The van der Waals surface area contributed by atoms with Gasteiger partial charge in [0.15, 0.2) is 0 Å². The van der Waals surface area contributed by atoms with Gasteiger partial charge in [0.2, 0.25) is 0 Å². The third-order valence-electron chi connectivity index (χ3n) is 2.35. The molecule has 0 amide bonds. The summed E-state index contributed by atoms with van der Waals surface area (Å²) in [7, 11) is 0. The first kappa shape index (κ1) is 11.4. The van der Waals surface area contributed by atoms with E-state index in [2.05, 4.69) is 15.9 Å². The first-order valence-corrected chi connectivity index (χ1v) is 5.67. The fourth-order valence-corrected chi connectivity index (χ4v) is 2.05. The van der Waals surface area contributed by atoms with Crippen molar-refractivity contribution in [2.45, 2.75) is 12.5 Å². The van der Waals surface area contributed by atoms with Crippen LogP contribution in [0.5, 0.6) is 0 Å². The van der Waals surface area contributed by atoms with Crippen molar-refractivity contribution in [1.29, 1.82) is 0 Å². The number of furan rings is 1. The van der Waals surface area contributed by atoms with Crippen LogP contribution in [0.1, 0.15) is 17.2 Å². The smallest absolute Gasteiger partial charge is 0.124 e. The van der Waals surface area contributed by atoms with Gasteiger partial charge in [-0.2, -0.15) is 0 Å². The number of hydrogen-bond acceptors (Lipinski definition) is 2. The van der Waals surface area contributed by atoms with Crippen molar-refractivity contribution < 1.29 is 8.81 Å². The van der Waals surface area contributed by atoms with E-state index in [9.17, 15) is 4.39 Å². The van der Waals surface area contributed by atoms with Crippen molar-refractivity contribution >= 4 is 15.9 Å². The Morgan fingerprint density at radius 1 is 1.38 bits per heavy atom. The van der Waals surface area contributed by atoms with Gasteiger partial charge in [-0.05, 0) is 41.8 Å². The zero-order chi connectivity index (χ0) is 11.5. The molecule has 1 unspecified atom stereocenters. The van der Waals surface area contributed by atoms with Crippen LogP contribution in [0.3, 0.4) is 0 Å². The van der Waals surface area contributed by atoms with Gasteiger partial charge in [-0.25, -0.2) is 4.39 Å². The Balaban J connectivity index is 2.17. The van der Waals surface area contributed by atoms with Crippen LogP contribution in [0, 0.1) is 5.82 Å². The van der Waals surface area contributed by atoms with Gasteiger partial charge >= 0.3 is 0 Å². The maximum atomic E-state index is 13.2. The molecular formula is C12H11BrFNO. The molecule has 84 valence electrons. The van der Waals surface area contributed by atoms with Gasteiger partial charge in [-0.15, -0.1) is 0 Å². The molecule has 1 heterocycles. The molecule has 1 atom stereocenters. The lowest BCUT2D eigenvalue weighted by molar-refractivity contribution is 0.561. The summed E-state index contributed by atoms with van der Waals surface area (Å²) >= 11 is 3.25. The maximum Gasteiger partial charge on any atom is 0.124 e. The molecule has 2 aromatic rings. The topological polar surface area (TPSA) is 39.2 Å². The highest BCUT2D eigenvalue weighted by Gasteiger charge is 2.10. The summed E-state index contributed by atoms with van der Waals surface area (Å²) < 4.78 is 18.8. The maximum absolute atomic E-state index is 13.2. The Morgan fingerprint density at radius 2 is 2.19 bits per heavy atom. The Kier molecular flexibility index (Phi) is 3.41. The summed E-state index contributed by atoms with van der Waals surface area (Å²) in [5.74, 6) is -0.285. The van der Waals surface area contributed by atoms with E-state index in [1.54, 1.807) is 12.5 Å². The lowest BCUT2D eigenvalue weighted by Gasteiger charge is -2.11. The average molecular weight is 284 g/mol. The van der Waals surface area contributed by atoms with Crippen LogP contribution in [-0.2, 0) is 6.42 Å². The highest BCUT2D eigenvalue weighted by Crippen LogP contribution is 2.21. The molecule has 2 N–H and O–H groups in total. The Hall–Kier alpha value is -1.13. The SMILES string of the molecule is NC(Cc1ccoc1)c1cc(F)cc(Br)c1. The van der Waals surface area contributed by atoms with E-state index in [-0.39, 0.29) is 11.9 Å². The van der Waals surface area contributed by atoms with Crippen LogP contribution < -0.4 is 5.73 Å². The zero-order valence-electron chi connectivity index (χ0n) is 8.49. The van der Waals surface area contributed by atoms with Gasteiger partial charge < -0.3 is 10.2 Å². The average Bonchev–Trinajstić information content (AvgIpc) is 2.68. The molecule has 0 fully saturated rings. The van der Waals surface area contributed by atoms with E-state index in [0.29, 0.717) is 10.9 Å². The molecule has 0 aliphatic rings. The minimum absolute atomic E-state index is 0.232. The van der Waals surface area contributed by atoms with Gasteiger partial charge in [0.1, 0.15) is 5.82 Å².